The second-order valence-electron chi connectivity index (χ2n) is 3.85. The summed E-state index contributed by atoms with van der Waals surface area (Å²) in [6, 6.07) is 0. The number of hydrogen-bond acceptors (Lipinski definition) is 3. The van der Waals surface area contributed by atoms with Crippen molar-refractivity contribution in [3.8, 4) is 0 Å². The Morgan fingerprint density at radius 1 is 1.50 bits per heavy atom. The highest BCUT2D eigenvalue weighted by atomic mass is 32.2. The average Bonchev–Trinajstić information content (AvgIpc) is 2.21. The molecule has 1 N–H and O–H groups in total. The molecule has 4 heteroatoms. The molecule has 2 rings (SSSR count). The molecule has 1 saturated heterocycles. The van der Waals surface area contributed by atoms with E-state index in [-0.39, 0.29) is 5.41 Å². The Bertz CT molecular complexity index is 366. The lowest BCUT2D eigenvalue weighted by molar-refractivity contribution is 0.210. The highest BCUT2D eigenvalue weighted by Gasteiger charge is 2.24. The molecule has 0 saturated carbocycles. The first-order valence-electron chi connectivity index (χ1n) is 4.35. The molecule has 74 valence electrons. The quantitative estimate of drug-likeness (QED) is 0.623. The zero-order chi connectivity index (χ0) is 10.2. The molecule has 1 aliphatic heterocycles. The van der Waals surface area contributed by atoms with Gasteiger partial charge in [0, 0.05) is 5.41 Å². The van der Waals surface area contributed by atoms with Crippen LogP contribution in [0.1, 0.15) is 13.8 Å². The van der Waals surface area contributed by atoms with Gasteiger partial charge in [-0.15, -0.1) is 0 Å². The molecule has 3 nitrogen and oxygen atoms in total. The van der Waals surface area contributed by atoms with Gasteiger partial charge in [-0.05, 0) is 6.08 Å². The molecule has 0 aromatic carbocycles. The number of carbonyl (C=O) groups excluding carboxylic acids is 1. The lowest BCUT2D eigenvalue weighted by atomic mass is 9.92. The van der Waals surface area contributed by atoms with Gasteiger partial charge < -0.3 is 4.18 Å². The zero-order valence-electron chi connectivity index (χ0n) is 8.03. The molecule has 2 aliphatic rings. The molecule has 0 aromatic heterocycles. The van der Waals surface area contributed by atoms with E-state index in [1.54, 1.807) is 0 Å². The van der Waals surface area contributed by atoms with Gasteiger partial charge in [-0.25, -0.2) is 4.79 Å². The molecular formula is C10H11NO2S. The van der Waals surface area contributed by atoms with Gasteiger partial charge in [0.2, 0.25) is 0 Å². The molecule has 1 heterocycles. The van der Waals surface area contributed by atoms with Gasteiger partial charge in [0.25, 0.3) is 0 Å². The fourth-order valence-corrected chi connectivity index (χ4v) is 1.89. The molecule has 14 heavy (non-hydrogen) atoms. The van der Waals surface area contributed by atoms with Crippen molar-refractivity contribution in [1.29, 1.82) is 0 Å². The first kappa shape index (κ1) is 9.40. The number of fused-ring (bicyclic) bond motifs is 1. The van der Waals surface area contributed by atoms with Crippen LogP contribution in [0.25, 0.3) is 0 Å². The van der Waals surface area contributed by atoms with Crippen LogP contribution >= 0.6 is 12.0 Å². The Labute approximate surface area is 87.1 Å². The summed E-state index contributed by atoms with van der Waals surface area (Å²) < 4.78 is 4.79. The predicted octanol–water partition coefficient (Wildman–Crippen LogP) is 2.74. The maximum absolute atomic E-state index is 11.0. The minimum atomic E-state index is -0.406. The number of nitrogens with one attached hydrogen (secondary N) is 1. The van der Waals surface area contributed by atoms with Crippen molar-refractivity contribution in [3.63, 3.8) is 0 Å². The van der Waals surface area contributed by atoms with Gasteiger partial charge >= 0.3 is 6.09 Å². The van der Waals surface area contributed by atoms with Gasteiger partial charge in [-0.1, -0.05) is 32.1 Å². The largest absolute Gasteiger partial charge is 0.424 e. The first-order valence-corrected chi connectivity index (χ1v) is 5.09. The maximum atomic E-state index is 11.0. The van der Waals surface area contributed by atoms with E-state index in [1.165, 1.54) is 0 Å². The monoisotopic (exact) mass is 209 g/mol. The number of hydrogen-bond donors (Lipinski definition) is 1. The summed E-state index contributed by atoms with van der Waals surface area (Å²) in [6.07, 6.45) is 7.61. The minimum Gasteiger partial charge on any atom is -0.369 e. The third-order valence-electron chi connectivity index (χ3n) is 2.00. The second-order valence-corrected chi connectivity index (χ2v) is 4.62. The number of carbonyl (C=O) groups is 1. The van der Waals surface area contributed by atoms with E-state index in [2.05, 4.69) is 25.2 Å². The highest BCUT2D eigenvalue weighted by molar-refractivity contribution is 7.99. The van der Waals surface area contributed by atoms with Crippen LogP contribution in [0.3, 0.4) is 0 Å². The van der Waals surface area contributed by atoms with E-state index >= 15 is 0 Å². The van der Waals surface area contributed by atoms with Crippen molar-refractivity contribution in [1.82, 2.24) is 5.32 Å². The summed E-state index contributed by atoms with van der Waals surface area (Å²) >= 11 is 1.10. The van der Waals surface area contributed by atoms with Crippen molar-refractivity contribution < 1.29 is 8.98 Å². The Balaban J connectivity index is 2.37. The summed E-state index contributed by atoms with van der Waals surface area (Å²) in [4.78, 5) is 11.9. The van der Waals surface area contributed by atoms with Gasteiger partial charge in [-0.2, -0.15) is 0 Å². The van der Waals surface area contributed by atoms with E-state index in [9.17, 15) is 4.79 Å². The topological polar surface area (TPSA) is 38.3 Å². The van der Waals surface area contributed by atoms with Gasteiger partial charge in [0.15, 0.2) is 0 Å². The number of amides is 1. The van der Waals surface area contributed by atoms with Crippen molar-refractivity contribution in [2.75, 3.05) is 0 Å². The molecule has 0 bridgehead atoms. The van der Waals surface area contributed by atoms with E-state index in [1.807, 2.05) is 18.2 Å². The molecule has 0 aromatic rings. The SMILES string of the molecule is CC1(C)C=CC=C2SOC(=O)NC2=C1. The lowest BCUT2D eigenvalue weighted by Crippen LogP contribution is -2.27. The summed E-state index contributed by atoms with van der Waals surface area (Å²) in [5.74, 6) is 0. The van der Waals surface area contributed by atoms with Crippen LogP contribution in [0.15, 0.2) is 34.9 Å². The van der Waals surface area contributed by atoms with Crippen LogP contribution in [0, 0.1) is 5.41 Å². The molecule has 0 atom stereocenters. The summed E-state index contributed by atoms with van der Waals surface area (Å²) in [6.45, 7) is 4.17. The first-order chi connectivity index (χ1) is 6.57. The summed E-state index contributed by atoms with van der Waals surface area (Å²) in [7, 11) is 0. The lowest BCUT2D eigenvalue weighted by Gasteiger charge is -2.20. The Morgan fingerprint density at radius 3 is 3.07 bits per heavy atom. The smallest absolute Gasteiger partial charge is 0.369 e. The van der Waals surface area contributed by atoms with Crippen molar-refractivity contribution in [2.24, 2.45) is 5.41 Å². The number of rotatable bonds is 0. The fraction of sp³-hybridized carbons (Fsp3) is 0.300. The number of allylic oxidation sites excluding steroid dienone is 4. The molecule has 1 aliphatic carbocycles. The summed E-state index contributed by atoms with van der Waals surface area (Å²) in [5, 5.41) is 2.68. The Hall–Kier alpha value is -1.16. The van der Waals surface area contributed by atoms with Gasteiger partial charge in [-0.3, -0.25) is 5.32 Å². The van der Waals surface area contributed by atoms with Crippen LogP contribution in [-0.2, 0) is 4.18 Å². The average molecular weight is 209 g/mol. The van der Waals surface area contributed by atoms with E-state index in [0.717, 1.165) is 22.6 Å². The maximum Gasteiger partial charge on any atom is 0.424 e. The van der Waals surface area contributed by atoms with Gasteiger partial charge in [0.05, 0.1) is 10.6 Å². The van der Waals surface area contributed by atoms with Crippen molar-refractivity contribution in [3.05, 3.63) is 34.9 Å². The van der Waals surface area contributed by atoms with Crippen LogP contribution in [0.4, 0.5) is 4.79 Å². The van der Waals surface area contributed by atoms with E-state index < -0.39 is 6.09 Å². The third-order valence-corrected chi connectivity index (χ3v) is 2.77. The molecular weight excluding hydrogens is 198 g/mol. The van der Waals surface area contributed by atoms with E-state index in [4.69, 9.17) is 4.18 Å². The fourth-order valence-electron chi connectivity index (χ4n) is 1.35. The molecule has 0 unspecified atom stereocenters. The van der Waals surface area contributed by atoms with Gasteiger partial charge in [0.1, 0.15) is 12.0 Å². The molecule has 1 amide bonds. The van der Waals surface area contributed by atoms with Crippen LogP contribution in [0.5, 0.6) is 0 Å². The van der Waals surface area contributed by atoms with Crippen molar-refractivity contribution in [2.45, 2.75) is 13.8 Å². The Kier molecular flexibility index (Phi) is 2.15. The standard InChI is InChI=1S/C10H11NO2S/c1-10(2)5-3-4-8-7(6-10)11-9(12)13-14-8/h3-6H,1-2H3,(H,11,12). The predicted molar refractivity (Wildman–Crippen MR) is 56.3 cm³/mol. The normalized spacial score (nSPS) is 23.7. The zero-order valence-corrected chi connectivity index (χ0v) is 8.85. The highest BCUT2D eigenvalue weighted by Crippen LogP contribution is 2.34. The Morgan fingerprint density at radius 2 is 2.29 bits per heavy atom. The third kappa shape index (κ3) is 1.85. The van der Waals surface area contributed by atoms with Crippen LogP contribution < -0.4 is 5.32 Å². The molecule has 0 spiro atoms. The van der Waals surface area contributed by atoms with Crippen molar-refractivity contribution >= 4 is 18.1 Å². The minimum absolute atomic E-state index is 0.0429. The van der Waals surface area contributed by atoms with Crippen LogP contribution in [0.2, 0.25) is 0 Å². The van der Waals surface area contributed by atoms with Crippen LogP contribution in [-0.4, -0.2) is 6.09 Å². The molecule has 0 radical (unpaired) electrons. The second kappa shape index (κ2) is 3.20. The molecule has 1 fully saturated rings. The van der Waals surface area contributed by atoms with E-state index in [0.29, 0.717) is 0 Å². The summed E-state index contributed by atoms with van der Waals surface area (Å²) in [5.41, 5.74) is 0.792.